The molecule has 0 aliphatic rings. The summed E-state index contributed by atoms with van der Waals surface area (Å²) in [6.45, 7) is -0.488. The zero-order valence-electron chi connectivity index (χ0n) is 19.2. The Hall–Kier alpha value is -4.64. The van der Waals surface area contributed by atoms with Crippen LogP contribution < -0.4 is 15.4 Å². The van der Waals surface area contributed by atoms with Crippen LogP contribution in [0.25, 0.3) is 0 Å². The van der Waals surface area contributed by atoms with Crippen molar-refractivity contribution in [3.05, 3.63) is 89.5 Å². The fourth-order valence-corrected chi connectivity index (χ4v) is 3.24. The minimum atomic E-state index is -0.726. The number of amides is 2. The van der Waals surface area contributed by atoms with Crippen LogP contribution in [0, 0.1) is 11.3 Å². The third-order valence-electron chi connectivity index (χ3n) is 5.08. The summed E-state index contributed by atoms with van der Waals surface area (Å²) in [5, 5.41) is 14.1. The number of benzene rings is 3. The Bertz CT molecular complexity index is 1210. The number of aryl methyl sites for hydroxylation is 1. The van der Waals surface area contributed by atoms with Crippen LogP contribution in [0.3, 0.4) is 0 Å². The molecule has 0 radical (unpaired) electrons. The Morgan fingerprint density at radius 1 is 0.857 bits per heavy atom. The number of anilines is 2. The van der Waals surface area contributed by atoms with Gasteiger partial charge in [-0.1, -0.05) is 36.4 Å². The number of rotatable bonds is 10. The minimum absolute atomic E-state index is 0.152. The van der Waals surface area contributed by atoms with Gasteiger partial charge in [0.15, 0.2) is 6.61 Å². The highest BCUT2D eigenvalue weighted by Gasteiger charge is 2.16. The van der Waals surface area contributed by atoms with E-state index in [2.05, 4.69) is 16.7 Å². The van der Waals surface area contributed by atoms with Crippen molar-refractivity contribution < 1.29 is 23.9 Å². The Balaban J connectivity index is 1.51. The van der Waals surface area contributed by atoms with E-state index in [0.29, 0.717) is 17.8 Å². The Morgan fingerprint density at radius 2 is 1.54 bits per heavy atom. The maximum absolute atomic E-state index is 12.6. The third-order valence-corrected chi connectivity index (χ3v) is 5.08. The highest BCUT2D eigenvalue weighted by molar-refractivity contribution is 6.02. The number of methoxy groups -OCH3 is 1. The molecule has 3 aromatic carbocycles. The van der Waals surface area contributed by atoms with Crippen LogP contribution in [-0.2, 0) is 27.2 Å². The summed E-state index contributed by atoms with van der Waals surface area (Å²) in [5.74, 6) is -0.741. The number of nitriles is 1. The minimum Gasteiger partial charge on any atom is -0.497 e. The summed E-state index contributed by atoms with van der Waals surface area (Å²) in [4.78, 5) is 37.2. The number of carbonyl (C=O) groups is 3. The molecule has 0 heterocycles. The lowest BCUT2D eigenvalue weighted by molar-refractivity contribution is -0.119. The van der Waals surface area contributed by atoms with E-state index in [4.69, 9.17) is 14.7 Å². The summed E-state index contributed by atoms with van der Waals surface area (Å²) in [7, 11) is 1.59. The molecule has 0 aliphatic carbocycles. The fourth-order valence-electron chi connectivity index (χ4n) is 3.24. The number of para-hydroxylation sites is 1. The molecule has 0 fully saturated rings. The average Bonchev–Trinajstić information content (AvgIpc) is 2.88. The van der Waals surface area contributed by atoms with Gasteiger partial charge in [0.25, 0.3) is 5.91 Å². The number of nitrogens with zero attached hydrogens (tertiary/aromatic N) is 1. The predicted molar refractivity (Wildman–Crippen MR) is 131 cm³/mol. The van der Waals surface area contributed by atoms with Gasteiger partial charge < -0.3 is 20.1 Å². The summed E-state index contributed by atoms with van der Waals surface area (Å²) in [6.07, 6.45) is 1.04. The van der Waals surface area contributed by atoms with E-state index in [1.807, 2.05) is 24.3 Å². The fraction of sp³-hybridized carbons (Fsp3) is 0.185. The number of hydrogen-bond donors (Lipinski definition) is 2. The first kappa shape index (κ1) is 25.0. The first-order valence-electron chi connectivity index (χ1n) is 10.9. The van der Waals surface area contributed by atoms with E-state index < -0.39 is 18.5 Å². The SMILES string of the molecule is COc1ccc(CCC(=O)Nc2ccccc2C(=O)OCC(=O)Nc2ccc(CC#N)cc2)cc1. The molecule has 0 spiro atoms. The second-order valence-corrected chi connectivity index (χ2v) is 7.60. The van der Waals surface area contributed by atoms with Crippen LogP contribution in [0.15, 0.2) is 72.8 Å². The number of carbonyl (C=O) groups excluding carboxylic acids is 3. The van der Waals surface area contributed by atoms with E-state index in [1.165, 1.54) is 6.07 Å². The van der Waals surface area contributed by atoms with Crippen LogP contribution in [0.2, 0.25) is 0 Å². The van der Waals surface area contributed by atoms with Crippen molar-refractivity contribution in [1.29, 1.82) is 5.26 Å². The number of esters is 1. The molecule has 8 heteroatoms. The van der Waals surface area contributed by atoms with Gasteiger partial charge in [-0.25, -0.2) is 4.79 Å². The van der Waals surface area contributed by atoms with Crippen molar-refractivity contribution in [1.82, 2.24) is 0 Å². The number of hydrogen-bond acceptors (Lipinski definition) is 6. The lowest BCUT2D eigenvalue weighted by Gasteiger charge is -2.11. The second-order valence-electron chi connectivity index (χ2n) is 7.60. The van der Waals surface area contributed by atoms with Gasteiger partial charge in [0.1, 0.15) is 5.75 Å². The standard InChI is InChI=1S/C27H25N3O5/c1-34-22-13-8-19(9-14-22)10-15-25(31)30-24-5-3-2-4-23(24)27(33)35-18-26(32)29-21-11-6-20(7-12-21)16-17-28/h2-9,11-14H,10,15-16,18H2,1H3,(H,29,32)(H,30,31). The molecule has 2 amide bonds. The molecule has 0 bridgehead atoms. The van der Waals surface area contributed by atoms with Crippen LogP contribution in [0.4, 0.5) is 11.4 Å². The third kappa shape index (κ3) is 7.72. The maximum atomic E-state index is 12.6. The molecule has 0 saturated heterocycles. The van der Waals surface area contributed by atoms with E-state index in [1.54, 1.807) is 49.6 Å². The largest absolute Gasteiger partial charge is 0.497 e. The maximum Gasteiger partial charge on any atom is 0.340 e. The van der Waals surface area contributed by atoms with Crippen LogP contribution in [-0.4, -0.2) is 31.5 Å². The molecule has 8 nitrogen and oxygen atoms in total. The van der Waals surface area contributed by atoms with Gasteiger partial charge in [0.2, 0.25) is 5.91 Å². The van der Waals surface area contributed by atoms with E-state index >= 15 is 0 Å². The van der Waals surface area contributed by atoms with E-state index in [-0.39, 0.29) is 24.3 Å². The first-order chi connectivity index (χ1) is 17.0. The molecule has 35 heavy (non-hydrogen) atoms. The van der Waals surface area contributed by atoms with Gasteiger partial charge >= 0.3 is 5.97 Å². The summed E-state index contributed by atoms with van der Waals surface area (Å²) in [5.41, 5.74) is 2.81. The van der Waals surface area contributed by atoms with E-state index in [9.17, 15) is 14.4 Å². The molecule has 3 rings (SSSR count). The number of nitrogens with one attached hydrogen (secondary N) is 2. The summed E-state index contributed by atoms with van der Waals surface area (Å²) in [6, 6.07) is 22.8. The molecule has 0 atom stereocenters. The molecule has 2 N–H and O–H groups in total. The molecule has 0 unspecified atom stereocenters. The van der Waals surface area contributed by atoms with Gasteiger partial charge in [-0.15, -0.1) is 0 Å². The Labute approximate surface area is 203 Å². The van der Waals surface area contributed by atoms with Gasteiger partial charge in [0, 0.05) is 12.1 Å². The lowest BCUT2D eigenvalue weighted by Crippen LogP contribution is -2.22. The first-order valence-corrected chi connectivity index (χ1v) is 10.9. The van der Waals surface area contributed by atoms with E-state index in [0.717, 1.165) is 16.9 Å². The van der Waals surface area contributed by atoms with Gasteiger partial charge in [-0.2, -0.15) is 5.26 Å². The molecule has 0 saturated carbocycles. The molecule has 178 valence electrons. The Morgan fingerprint density at radius 3 is 2.23 bits per heavy atom. The quantitative estimate of drug-likeness (QED) is 0.430. The lowest BCUT2D eigenvalue weighted by atomic mass is 10.1. The van der Waals surface area contributed by atoms with Gasteiger partial charge in [0.05, 0.1) is 30.9 Å². The molecular formula is C27H25N3O5. The normalized spacial score (nSPS) is 10.1. The van der Waals surface area contributed by atoms with Crippen molar-refractivity contribution in [3.8, 4) is 11.8 Å². The highest BCUT2D eigenvalue weighted by atomic mass is 16.5. The Kier molecular flexibility index (Phi) is 8.97. The topological polar surface area (TPSA) is 118 Å². The zero-order valence-corrected chi connectivity index (χ0v) is 19.2. The van der Waals surface area contributed by atoms with Crippen molar-refractivity contribution in [2.45, 2.75) is 19.3 Å². The predicted octanol–water partition coefficient (Wildman–Crippen LogP) is 4.13. The molecule has 0 aromatic heterocycles. The van der Waals surface area contributed by atoms with Gasteiger partial charge in [-0.05, 0) is 53.9 Å². The molecule has 0 aliphatic heterocycles. The zero-order chi connectivity index (χ0) is 25.0. The molecule has 3 aromatic rings. The second kappa shape index (κ2) is 12.6. The van der Waals surface area contributed by atoms with Crippen molar-refractivity contribution in [3.63, 3.8) is 0 Å². The van der Waals surface area contributed by atoms with Crippen molar-refractivity contribution in [2.24, 2.45) is 0 Å². The van der Waals surface area contributed by atoms with Crippen LogP contribution in [0.1, 0.15) is 27.9 Å². The van der Waals surface area contributed by atoms with Crippen LogP contribution in [0.5, 0.6) is 5.75 Å². The van der Waals surface area contributed by atoms with Crippen molar-refractivity contribution in [2.75, 3.05) is 24.4 Å². The molecular weight excluding hydrogens is 446 g/mol. The smallest absolute Gasteiger partial charge is 0.340 e. The summed E-state index contributed by atoms with van der Waals surface area (Å²) < 4.78 is 10.3. The van der Waals surface area contributed by atoms with Gasteiger partial charge in [-0.3, -0.25) is 9.59 Å². The van der Waals surface area contributed by atoms with Crippen molar-refractivity contribution >= 4 is 29.2 Å². The highest BCUT2D eigenvalue weighted by Crippen LogP contribution is 2.18. The van der Waals surface area contributed by atoms with Crippen LogP contribution >= 0.6 is 0 Å². The average molecular weight is 472 g/mol. The summed E-state index contributed by atoms with van der Waals surface area (Å²) >= 11 is 0. The monoisotopic (exact) mass is 471 g/mol. The number of ether oxygens (including phenoxy) is 2.